The van der Waals surface area contributed by atoms with Gasteiger partial charge < -0.3 is 18.9 Å². The summed E-state index contributed by atoms with van der Waals surface area (Å²) in [4.78, 5) is 22.8. The van der Waals surface area contributed by atoms with Gasteiger partial charge in [0, 0.05) is 60.2 Å². The molecule has 0 fully saturated rings. The van der Waals surface area contributed by atoms with E-state index in [1.807, 2.05) is 30.7 Å². The molecule has 1 amide bonds. The van der Waals surface area contributed by atoms with Crippen LogP contribution in [-0.4, -0.2) is 52.8 Å². The summed E-state index contributed by atoms with van der Waals surface area (Å²) in [6.07, 6.45) is 1.40. The summed E-state index contributed by atoms with van der Waals surface area (Å²) < 4.78 is 14.3. The quantitative estimate of drug-likeness (QED) is 0.379. The monoisotopic (exact) mass is 537 g/mol. The Morgan fingerprint density at radius 2 is 1.95 bits per heavy atom. The van der Waals surface area contributed by atoms with Gasteiger partial charge in [0.1, 0.15) is 6.61 Å². The van der Waals surface area contributed by atoms with Crippen LogP contribution in [0.25, 0.3) is 21.7 Å². The molecule has 204 valence electrons. The van der Waals surface area contributed by atoms with Crippen molar-refractivity contribution in [3.05, 3.63) is 46.5 Å². The molecular weight excluding hydrogens is 498 g/mol. The molecule has 38 heavy (non-hydrogen) atoms. The van der Waals surface area contributed by atoms with Crippen molar-refractivity contribution in [3.8, 4) is 33.2 Å². The predicted octanol–water partition coefficient (Wildman–Crippen LogP) is 6.13. The van der Waals surface area contributed by atoms with Crippen LogP contribution < -0.4 is 9.47 Å². The number of methoxy groups -OCH3 is 1. The first-order valence-electron chi connectivity index (χ1n) is 13.7. The van der Waals surface area contributed by atoms with Gasteiger partial charge in [0.15, 0.2) is 11.5 Å². The first-order valence-corrected chi connectivity index (χ1v) is 14.5. The number of benzene rings is 1. The summed E-state index contributed by atoms with van der Waals surface area (Å²) in [7, 11) is 1.70. The predicted molar refractivity (Wildman–Crippen MR) is 152 cm³/mol. The number of hydroxylamine groups is 2. The van der Waals surface area contributed by atoms with Crippen LogP contribution in [0.1, 0.15) is 57.9 Å². The molecule has 5 rings (SSSR count). The zero-order valence-electron chi connectivity index (χ0n) is 23.4. The van der Waals surface area contributed by atoms with E-state index in [0.717, 1.165) is 35.7 Å². The molecule has 4 heterocycles. The third-order valence-electron chi connectivity index (χ3n) is 7.40. The number of amides is 1. The van der Waals surface area contributed by atoms with Crippen molar-refractivity contribution in [2.24, 2.45) is 0 Å². The van der Waals surface area contributed by atoms with Gasteiger partial charge in [0.25, 0.3) is 0 Å². The van der Waals surface area contributed by atoms with E-state index in [4.69, 9.17) is 14.3 Å². The number of carbonyl (C=O) groups is 1. The number of thiophene rings is 1. The Hall–Kier alpha value is -2.81. The number of hydrogen-bond donors (Lipinski definition) is 0. The van der Waals surface area contributed by atoms with Gasteiger partial charge in [-0.3, -0.25) is 9.63 Å². The highest BCUT2D eigenvalue weighted by atomic mass is 32.1. The van der Waals surface area contributed by atoms with E-state index in [2.05, 4.69) is 48.1 Å². The van der Waals surface area contributed by atoms with Gasteiger partial charge >= 0.3 is 0 Å². The number of aromatic nitrogens is 1. The molecule has 0 atom stereocenters. The summed E-state index contributed by atoms with van der Waals surface area (Å²) in [5, 5.41) is 4.14. The second-order valence-electron chi connectivity index (χ2n) is 10.5. The van der Waals surface area contributed by atoms with E-state index < -0.39 is 0 Å². The van der Waals surface area contributed by atoms with Crippen LogP contribution in [0.2, 0.25) is 0 Å². The molecule has 0 saturated heterocycles. The summed E-state index contributed by atoms with van der Waals surface area (Å²) in [6.45, 7) is 13.5. The first-order chi connectivity index (χ1) is 18.3. The lowest BCUT2D eigenvalue weighted by molar-refractivity contribution is -0.191. The molecule has 2 aromatic heterocycles. The van der Waals surface area contributed by atoms with E-state index >= 15 is 0 Å². The summed E-state index contributed by atoms with van der Waals surface area (Å²) in [6, 6.07) is 8.78. The Morgan fingerprint density at radius 3 is 2.61 bits per heavy atom. The zero-order valence-corrected chi connectivity index (χ0v) is 24.2. The maximum atomic E-state index is 13.1. The number of rotatable bonds is 6. The van der Waals surface area contributed by atoms with Crippen molar-refractivity contribution in [3.63, 3.8) is 0 Å². The molecule has 0 spiro atoms. The number of carbonyl (C=O) groups excluding carboxylic acids is 1. The normalized spacial score (nSPS) is 15.9. The van der Waals surface area contributed by atoms with Gasteiger partial charge in [-0.15, -0.1) is 11.3 Å². The molecule has 7 nitrogen and oxygen atoms in total. The van der Waals surface area contributed by atoms with E-state index in [-0.39, 0.29) is 18.1 Å². The summed E-state index contributed by atoms with van der Waals surface area (Å²) >= 11 is 1.74. The second kappa shape index (κ2) is 11.1. The molecule has 1 aromatic carbocycles. The maximum absolute atomic E-state index is 13.1. The number of nitrogens with zero attached hydrogens (tertiary/aromatic N) is 3. The van der Waals surface area contributed by atoms with Crippen molar-refractivity contribution in [1.29, 1.82) is 0 Å². The molecule has 8 heteroatoms. The molecule has 0 N–H and O–H groups in total. The lowest BCUT2D eigenvalue weighted by Gasteiger charge is -2.28. The molecule has 2 aliphatic heterocycles. The third kappa shape index (κ3) is 4.97. The largest absolute Gasteiger partial charge is 0.493 e. The molecular formula is C30H39N3O4S. The Labute approximate surface area is 229 Å². The van der Waals surface area contributed by atoms with E-state index in [0.29, 0.717) is 32.7 Å². The number of fused-ring (bicyclic) bond motifs is 5. The van der Waals surface area contributed by atoms with Crippen LogP contribution >= 0.6 is 11.3 Å². The average Bonchev–Trinajstić information content (AvgIpc) is 3.53. The highest BCUT2D eigenvalue weighted by Crippen LogP contribution is 2.48. The molecule has 3 aromatic rings. The Balaban J connectivity index is 1.75. The van der Waals surface area contributed by atoms with Crippen LogP contribution in [0.4, 0.5) is 0 Å². The third-order valence-corrected chi connectivity index (χ3v) is 8.29. The van der Waals surface area contributed by atoms with Crippen LogP contribution in [0.3, 0.4) is 0 Å². The first kappa shape index (κ1) is 26.8. The van der Waals surface area contributed by atoms with Crippen LogP contribution in [-0.2, 0) is 35.7 Å². The minimum Gasteiger partial charge on any atom is -0.493 e. The van der Waals surface area contributed by atoms with Gasteiger partial charge in [-0.05, 0) is 63.3 Å². The fraction of sp³-hybridized carbons (Fsp3) is 0.500. The summed E-state index contributed by atoms with van der Waals surface area (Å²) in [5.74, 6) is 1.68. The topological polar surface area (TPSA) is 56.2 Å². The Morgan fingerprint density at radius 1 is 1.13 bits per heavy atom. The number of aryl methyl sites for hydroxylation is 1. The van der Waals surface area contributed by atoms with Crippen molar-refractivity contribution >= 4 is 17.2 Å². The van der Waals surface area contributed by atoms with Gasteiger partial charge in [-0.1, -0.05) is 13.0 Å². The highest BCUT2D eigenvalue weighted by Gasteiger charge is 2.33. The van der Waals surface area contributed by atoms with Crippen LogP contribution in [0.15, 0.2) is 29.6 Å². The number of hydrogen-bond acceptors (Lipinski definition) is 6. The number of ether oxygens (including phenoxy) is 2. The standard InChI is InChI=1S/C30H39N3O4S/c1-7-28(34)31-12-13-33(19(2)3)36-18-24-23(17-31)29(27-9-8-14-38-27)30-22-16-26(37-20(4)5)25(35-6)15-21(22)10-11-32(24)30/h8-9,14-16,19-20H,7,10-13,17-18H2,1-6H3. The van der Waals surface area contributed by atoms with Gasteiger partial charge in [0.2, 0.25) is 5.91 Å². The Kier molecular flexibility index (Phi) is 7.84. The fourth-order valence-electron chi connectivity index (χ4n) is 5.58. The Bertz CT molecular complexity index is 1300. The molecule has 0 radical (unpaired) electrons. The smallest absolute Gasteiger partial charge is 0.222 e. The minimum atomic E-state index is 0.0297. The van der Waals surface area contributed by atoms with Crippen molar-refractivity contribution in [2.75, 3.05) is 20.2 Å². The molecule has 0 unspecified atom stereocenters. The van der Waals surface area contributed by atoms with E-state index in [1.54, 1.807) is 18.4 Å². The molecule has 0 saturated carbocycles. The minimum absolute atomic E-state index is 0.0297. The SMILES string of the molecule is CCC(=O)N1CCN(C(C)C)OCc2c(c(-c3cccs3)c3n2CCc2cc(OC)c(OC(C)C)cc2-3)C1. The molecule has 0 aliphatic carbocycles. The van der Waals surface area contributed by atoms with Crippen LogP contribution in [0.5, 0.6) is 11.5 Å². The van der Waals surface area contributed by atoms with Crippen LogP contribution in [0, 0.1) is 0 Å². The fourth-order valence-corrected chi connectivity index (χ4v) is 6.38. The highest BCUT2D eigenvalue weighted by molar-refractivity contribution is 7.13. The maximum Gasteiger partial charge on any atom is 0.222 e. The summed E-state index contributed by atoms with van der Waals surface area (Å²) in [5.41, 5.74) is 7.13. The lowest BCUT2D eigenvalue weighted by atomic mass is 9.94. The van der Waals surface area contributed by atoms with Gasteiger partial charge in [0.05, 0.1) is 24.6 Å². The van der Waals surface area contributed by atoms with E-state index in [1.165, 1.54) is 27.3 Å². The average molecular weight is 538 g/mol. The molecule has 0 bridgehead atoms. The van der Waals surface area contributed by atoms with E-state index in [9.17, 15) is 4.79 Å². The van der Waals surface area contributed by atoms with Gasteiger partial charge in [-0.2, -0.15) is 5.06 Å². The second-order valence-corrected chi connectivity index (χ2v) is 11.5. The molecule has 2 aliphatic rings. The van der Waals surface area contributed by atoms with Crippen molar-refractivity contribution in [2.45, 2.75) is 79.3 Å². The van der Waals surface area contributed by atoms with Gasteiger partial charge in [-0.25, -0.2) is 0 Å². The van der Waals surface area contributed by atoms with Crippen molar-refractivity contribution in [1.82, 2.24) is 14.5 Å². The zero-order chi connectivity index (χ0) is 27.0. The lowest BCUT2D eigenvalue weighted by Crippen LogP contribution is -2.39. The van der Waals surface area contributed by atoms with Crippen molar-refractivity contribution < 1.29 is 19.1 Å².